The molecule has 1 amide bonds. The van der Waals surface area contributed by atoms with Crippen LogP contribution in [0.15, 0.2) is 53.8 Å². The van der Waals surface area contributed by atoms with E-state index < -0.39 is 0 Å². The highest BCUT2D eigenvalue weighted by Gasteiger charge is 2.27. The summed E-state index contributed by atoms with van der Waals surface area (Å²) >= 11 is 0. The molecule has 6 nitrogen and oxygen atoms in total. The van der Waals surface area contributed by atoms with E-state index in [0.29, 0.717) is 25.5 Å². The Hall–Kier alpha value is -3.54. The number of hydrogen-bond acceptors (Lipinski definition) is 5. The smallest absolute Gasteiger partial charge is 0.316 e. The van der Waals surface area contributed by atoms with Crippen molar-refractivity contribution in [3.63, 3.8) is 0 Å². The monoisotopic (exact) mass is 412 g/mol. The molecule has 0 spiro atoms. The molecule has 31 heavy (non-hydrogen) atoms. The van der Waals surface area contributed by atoms with Crippen LogP contribution in [-0.2, 0) is 30.7 Å². The molecule has 3 aromatic rings. The zero-order chi connectivity index (χ0) is 21.4. The van der Waals surface area contributed by atoms with Crippen molar-refractivity contribution in [1.29, 1.82) is 0 Å². The normalized spacial score (nSPS) is 14.8. The fourth-order valence-corrected chi connectivity index (χ4v) is 4.35. The highest BCUT2D eigenvalue weighted by atomic mass is 16.5. The minimum absolute atomic E-state index is 0.197. The topological polar surface area (TPSA) is 67.7 Å². The molecular formula is C25H24N4O2. The molecule has 0 aliphatic carbocycles. The number of aromatic nitrogens is 2. The van der Waals surface area contributed by atoms with E-state index in [0.717, 1.165) is 40.9 Å². The molecule has 0 saturated carbocycles. The summed E-state index contributed by atoms with van der Waals surface area (Å²) in [6, 6.07) is 13.2. The Balaban J connectivity index is 1.37. The van der Waals surface area contributed by atoms with E-state index >= 15 is 0 Å². The lowest BCUT2D eigenvalue weighted by Gasteiger charge is -2.29. The number of rotatable bonds is 5. The molecule has 1 aromatic heterocycles. The van der Waals surface area contributed by atoms with E-state index in [4.69, 9.17) is 9.73 Å². The molecule has 5 rings (SSSR count). The highest BCUT2D eigenvalue weighted by molar-refractivity contribution is 6.15. The molecule has 0 atom stereocenters. The predicted octanol–water partition coefficient (Wildman–Crippen LogP) is 3.27. The first-order chi connectivity index (χ1) is 15.1. The second kappa shape index (κ2) is 7.95. The zero-order valence-electron chi connectivity index (χ0n) is 17.8. The molecule has 2 aliphatic rings. The number of carbonyl (C=O) groups excluding carboxylic acids is 1. The van der Waals surface area contributed by atoms with Gasteiger partial charge in [-0.1, -0.05) is 35.9 Å². The van der Waals surface area contributed by atoms with Crippen LogP contribution in [0.2, 0.25) is 0 Å². The van der Waals surface area contributed by atoms with Gasteiger partial charge in [-0.15, -0.1) is 0 Å². The fraction of sp³-hybridized carbons (Fsp3) is 0.280. The van der Waals surface area contributed by atoms with Crippen molar-refractivity contribution >= 4 is 11.6 Å². The van der Waals surface area contributed by atoms with Gasteiger partial charge in [-0.3, -0.25) is 9.79 Å². The van der Waals surface area contributed by atoms with Crippen molar-refractivity contribution in [2.45, 2.75) is 32.9 Å². The van der Waals surface area contributed by atoms with E-state index in [2.05, 4.69) is 53.3 Å². The zero-order valence-corrected chi connectivity index (χ0v) is 17.8. The van der Waals surface area contributed by atoms with Gasteiger partial charge in [0.25, 0.3) is 0 Å². The Morgan fingerprint density at radius 3 is 2.68 bits per heavy atom. The van der Waals surface area contributed by atoms with Crippen LogP contribution in [-0.4, -0.2) is 40.1 Å². The van der Waals surface area contributed by atoms with Gasteiger partial charge in [0.2, 0.25) is 5.91 Å². The van der Waals surface area contributed by atoms with Gasteiger partial charge in [0, 0.05) is 36.6 Å². The first-order valence-corrected chi connectivity index (χ1v) is 10.5. The number of amides is 1. The SMILES string of the molecule is COc1ncc(C2=NCc3cc4c(cc32)CN(CCc2cccc(C)c2)C(=O)C4)cn1. The molecule has 0 fully saturated rings. The van der Waals surface area contributed by atoms with Crippen LogP contribution in [0, 0.1) is 6.92 Å². The number of nitrogens with zero attached hydrogens (tertiary/aromatic N) is 4. The van der Waals surface area contributed by atoms with Crippen molar-refractivity contribution in [3.8, 4) is 6.01 Å². The lowest BCUT2D eigenvalue weighted by molar-refractivity contribution is -0.131. The van der Waals surface area contributed by atoms with Crippen LogP contribution in [0.3, 0.4) is 0 Å². The van der Waals surface area contributed by atoms with Crippen molar-refractivity contribution in [3.05, 3.63) is 87.7 Å². The number of ether oxygens (including phenoxy) is 1. The van der Waals surface area contributed by atoms with E-state index in [1.54, 1.807) is 19.5 Å². The van der Waals surface area contributed by atoms with Crippen molar-refractivity contribution < 1.29 is 9.53 Å². The molecule has 3 heterocycles. The average molecular weight is 412 g/mol. The first-order valence-electron chi connectivity index (χ1n) is 10.5. The van der Waals surface area contributed by atoms with Gasteiger partial charge in [0.05, 0.1) is 25.8 Å². The first kappa shape index (κ1) is 19.4. The molecule has 0 saturated heterocycles. The molecule has 156 valence electrons. The predicted molar refractivity (Wildman–Crippen MR) is 118 cm³/mol. The number of aryl methyl sites for hydroxylation is 1. The third kappa shape index (κ3) is 3.81. The number of fused-ring (bicyclic) bond motifs is 2. The number of benzene rings is 2. The quantitative estimate of drug-likeness (QED) is 0.645. The Morgan fingerprint density at radius 2 is 1.90 bits per heavy atom. The van der Waals surface area contributed by atoms with Crippen LogP contribution < -0.4 is 4.74 Å². The molecule has 0 N–H and O–H groups in total. The Bertz CT molecular complexity index is 1180. The van der Waals surface area contributed by atoms with E-state index in [1.807, 2.05) is 4.90 Å². The van der Waals surface area contributed by atoms with Gasteiger partial charge < -0.3 is 9.64 Å². The number of hydrogen-bond donors (Lipinski definition) is 0. The van der Waals surface area contributed by atoms with Crippen molar-refractivity contribution in [1.82, 2.24) is 14.9 Å². The van der Waals surface area contributed by atoms with Gasteiger partial charge in [0.15, 0.2) is 0 Å². The summed E-state index contributed by atoms with van der Waals surface area (Å²) in [5.41, 5.74) is 8.89. The summed E-state index contributed by atoms with van der Waals surface area (Å²) in [5.74, 6) is 0.197. The van der Waals surface area contributed by atoms with Crippen LogP contribution in [0.4, 0.5) is 0 Å². The Labute approximate surface area is 181 Å². The van der Waals surface area contributed by atoms with Gasteiger partial charge in [0.1, 0.15) is 0 Å². The molecule has 2 aliphatic heterocycles. The van der Waals surface area contributed by atoms with E-state index in [9.17, 15) is 4.79 Å². The summed E-state index contributed by atoms with van der Waals surface area (Å²) in [6.45, 7) is 4.08. The molecule has 0 unspecified atom stereocenters. The van der Waals surface area contributed by atoms with Gasteiger partial charge >= 0.3 is 6.01 Å². The standard InChI is InChI=1S/C25H24N4O2/c1-16-4-3-5-17(8-16)6-7-29-15-20-10-22-19(9-18(20)11-23(29)30)12-26-24(22)21-13-27-25(31-2)28-14-21/h3-5,8-10,13-14H,6-7,11-12,15H2,1-2H3. The number of aliphatic imine (C=N–C) groups is 1. The van der Waals surface area contributed by atoms with Gasteiger partial charge in [-0.25, -0.2) is 9.97 Å². The largest absolute Gasteiger partial charge is 0.467 e. The Kier molecular flexibility index (Phi) is 4.98. The van der Waals surface area contributed by atoms with Crippen LogP contribution in [0.25, 0.3) is 0 Å². The molecule has 0 radical (unpaired) electrons. The summed E-state index contributed by atoms with van der Waals surface area (Å²) in [4.78, 5) is 27.9. The number of carbonyl (C=O) groups is 1. The highest BCUT2D eigenvalue weighted by Crippen LogP contribution is 2.30. The minimum atomic E-state index is 0.197. The molecular weight excluding hydrogens is 388 g/mol. The van der Waals surface area contributed by atoms with Gasteiger partial charge in [-0.05, 0) is 41.7 Å². The lowest BCUT2D eigenvalue weighted by atomic mass is 9.91. The van der Waals surface area contributed by atoms with Crippen molar-refractivity contribution in [2.75, 3.05) is 13.7 Å². The second-order valence-corrected chi connectivity index (χ2v) is 8.13. The van der Waals surface area contributed by atoms with Crippen LogP contribution >= 0.6 is 0 Å². The maximum Gasteiger partial charge on any atom is 0.316 e. The second-order valence-electron chi connectivity index (χ2n) is 8.13. The van der Waals surface area contributed by atoms with Crippen LogP contribution in [0.5, 0.6) is 6.01 Å². The maximum atomic E-state index is 12.8. The fourth-order valence-electron chi connectivity index (χ4n) is 4.35. The average Bonchev–Trinajstić information content (AvgIpc) is 3.19. The Morgan fingerprint density at radius 1 is 1.06 bits per heavy atom. The minimum Gasteiger partial charge on any atom is -0.467 e. The molecule has 0 bridgehead atoms. The summed E-state index contributed by atoms with van der Waals surface area (Å²) in [6.07, 6.45) is 4.81. The van der Waals surface area contributed by atoms with Gasteiger partial charge in [-0.2, -0.15) is 0 Å². The third-order valence-corrected chi connectivity index (χ3v) is 5.98. The van der Waals surface area contributed by atoms with Crippen molar-refractivity contribution in [2.24, 2.45) is 4.99 Å². The van der Waals surface area contributed by atoms with E-state index in [-0.39, 0.29) is 5.91 Å². The summed E-state index contributed by atoms with van der Waals surface area (Å²) < 4.78 is 5.06. The number of methoxy groups -OCH3 is 1. The maximum absolute atomic E-state index is 12.8. The third-order valence-electron chi connectivity index (χ3n) is 5.98. The lowest BCUT2D eigenvalue weighted by Crippen LogP contribution is -2.37. The summed E-state index contributed by atoms with van der Waals surface area (Å²) in [7, 11) is 1.55. The van der Waals surface area contributed by atoms with Crippen LogP contribution in [0.1, 0.15) is 38.9 Å². The summed E-state index contributed by atoms with van der Waals surface area (Å²) in [5, 5.41) is 0. The van der Waals surface area contributed by atoms with E-state index in [1.165, 1.54) is 16.7 Å². The molecule has 2 aromatic carbocycles. The molecule has 6 heteroatoms.